The smallest absolute Gasteiger partial charge is 0.307 e. The highest BCUT2D eigenvalue weighted by Gasteiger charge is 2.42. The third-order valence-corrected chi connectivity index (χ3v) is 3.86. The molecular formula is C13H19N3O3. The van der Waals surface area contributed by atoms with E-state index in [1.807, 2.05) is 6.92 Å². The molecule has 19 heavy (non-hydrogen) atoms. The number of carboxylic acid groups (broad SMARTS) is 1. The molecule has 1 fully saturated rings. The first-order valence-electron chi connectivity index (χ1n) is 6.53. The summed E-state index contributed by atoms with van der Waals surface area (Å²) in [6, 6.07) is 0. The molecule has 0 spiro atoms. The third-order valence-electron chi connectivity index (χ3n) is 3.86. The highest BCUT2D eigenvalue weighted by Crippen LogP contribution is 2.38. The summed E-state index contributed by atoms with van der Waals surface area (Å²) in [5, 5.41) is 15.9. The van der Waals surface area contributed by atoms with Crippen LogP contribution in [0.4, 0.5) is 5.69 Å². The van der Waals surface area contributed by atoms with Crippen molar-refractivity contribution in [3.63, 3.8) is 0 Å². The number of anilines is 1. The SMILES string of the molecule is CCC1C[C@H](C(=O)Nc2cnn(C)c2)[C@H](C(=O)O)C1. The van der Waals surface area contributed by atoms with Gasteiger partial charge in [-0.25, -0.2) is 0 Å². The molecule has 1 aliphatic rings. The van der Waals surface area contributed by atoms with Crippen LogP contribution in [0.1, 0.15) is 26.2 Å². The molecule has 2 N–H and O–H groups in total. The highest BCUT2D eigenvalue weighted by atomic mass is 16.4. The second-order valence-corrected chi connectivity index (χ2v) is 5.19. The third kappa shape index (κ3) is 2.94. The lowest BCUT2D eigenvalue weighted by molar-refractivity contribution is -0.145. The van der Waals surface area contributed by atoms with Gasteiger partial charge in [0.15, 0.2) is 0 Å². The number of carbonyl (C=O) groups excluding carboxylic acids is 1. The van der Waals surface area contributed by atoms with E-state index in [9.17, 15) is 14.7 Å². The van der Waals surface area contributed by atoms with E-state index in [2.05, 4.69) is 10.4 Å². The molecule has 6 nitrogen and oxygen atoms in total. The van der Waals surface area contributed by atoms with Crippen LogP contribution in [0, 0.1) is 17.8 Å². The average molecular weight is 265 g/mol. The van der Waals surface area contributed by atoms with Crippen molar-refractivity contribution in [1.29, 1.82) is 0 Å². The van der Waals surface area contributed by atoms with Gasteiger partial charge < -0.3 is 10.4 Å². The Morgan fingerprint density at radius 1 is 1.47 bits per heavy atom. The van der Waals surface area contributed by atoms with Gasteiger partial charge in [0.25, 0.3) is 0 Å². The van der Waals surface area contributed by atoms with Crippen molar-refractivity contribution >= 4 is 17.6 Å². The number of hydrogen-bond donors (Lipinski definition) is 2. The van der Waals surface area contributed by atoms with Gasteiger partial charge >= 0.3 is 5.97 Å². The maximum absolute atomic E-state index is 12.2. The molecule has 0 aromatic carbocycles. The summed E-state index contributed by atoms with van der Waals surface area (Å²) in [4.78, 5) is 23.4. The van der Waals surface area contributed by atoms with Gasteiger partial charge in [0.2, 0.25) is 5.91 Å². The van der Waals surface area contributed by atoms with E-state index in [-0.39, 0.29) is 5.91 Å². The van der Waals surface area contributed by atoms with E-state index >= 15 is 0 Å². The summed E-state index contributed by atoms with van der Waals surface area (Å²) in [5.41, 5.74) is 0.608. The van der Waals surface area contributed by atoms with Gasteiger partial charge in [-0.3, -0.25) is 14.3 Å². The minimum atomic E-state index is -0.873. The van der Waals surface area contributed by atoms with E-state index in [0.717, 1.165) is 6.42 Å². The molecule has 0 radical (unpaired) electrons. The van der Waals surface area contributed by atoms with E-state index in [1.54, 1.807) is 24.1 Å². The van der Waals surface area contributed by atoms with Crippen molar-refractivity contribution in [3.05, 3.63) is 12.4 Å². The maximum atomic E-state index is 12.2. The zero-order valence-corrected chi connectivity index (χ0v) is 11.2. The van der Waals surface area contributed by atoms with Crippen LogP contribution in [0.3, 0.4) is 0 Å². The number of rotatable bonds is 4. The van der Waals surface area contributed by atoms with Crippen LogP contribution in [0.15, 0.2) is 12.4 Å². The fraction of sp³-hybridized carbons (Fsp3) is 0.615. The van der Waals surface area contributed by atoms with E-state index < -0.39 is 17.8 Å². The molecule has 1 aliphatic carbocycles. The molecule has 2 rings (SSSR count). The minimum Gasteiger partial charge on any atom is -0.481 e. The van der Waals surface area contributed by atoms with Crippen LogP contribution in [0.5, 0.6) is 0 Å². The zero-order valence-electron chi connectivity index (χ0n) is 11.2. The predicted octanol–water partition coefficient (Wildman–Crippen LogP) is 1.50. The normalized spacial score (nSPS) is 26.3. The second-order valence-electron chi connectivity index (χ2n) is 5.19. The Kier molecular flexibility index (Phi) is 3.87. The average Bonchev–Trinajstić information content (AvgIpc) is 2.95. The quantitative estimate of drug-likeness (QED) is 0.864. The fourth-order valence-electron chi connectivity index (χ4n) is 2.76. The number of nitrogens with one attached hydrogen (secondary N) is 1. The highest BCUT2D eigenvalue weighted by molar-refractivity contribution is 5.95. The standard InChI is InChI=1S/C13H19N3O3/c1-3-8-4-10(11(5-8)13(18)19)12(17)15-9-6-14-16(2)7-9/h6-8,10-11H,3-5H2,1-2H3,(H,15,17)(H,18,19)/t8?,10-,11+/m0/s1. The first-order chi connectivity index (χ1) is 9.01. The number of nitrogens with zero attached hydrogens (tertiary/aromatic N) is 2. The van der Waals surface area contributed by atoms with E-state index in [4.69, 9.17) is 0 Å². The summed E-state index contributed by atoms with van der Waals surface area (Å²) in [7, 11) is 1.76. The Bertz CT molecular complexity index is 483. The van der Waals surface area contributed by atoms with Gasteiger partial charge in [0.05, 0.1) is 23.7 Å². The molecule has 3 atom stereocenters. The molecule has 6 heteroatoms. The van der Waals surface area contributed by atoms with Crippen LogP contribution < -0.4 is 5.32 Å². The molecule has 0 saturated heterocycles. The van der Waals surface area contributed by atoms with E-state index in [0.29, 0.717) is 24.4 Å². The molecular weight excluding hydrogens is 246 g/mol. The van der Waals surface area contributed by atoms with Gasteiger partial charge in [-0.15, -0.1) is 0 Å². The summed E-state index contributed by atoms with van der Waals surface area (Å²) >= 11 is 0. The molecule has 1 saturated carbocycles. The first kappa shape index (κ1) is 13.6. The largest absolute Gasteiger partial charge is 0.481 e. The second kappa shape index (κ2) is 5.42. The zero-order chi connectivity index (χ0) is 14.0. The van der Waals surface area contributed by atoms with Gasteiger partial charge in [-0.1, -0.05) is 13.3 Å². The van der Waals surface area contributed by atoms with Gasteiger partial charge in [0, 0.05) is 13.2 Å². The summed E-state index contributed by atoms with van der Waals surface area (Å²) < 4.78 is 1.59. The predicted molar refractivity (Wildman–Crippen MR) is 69.5 cm³/mol. The van der Waals surface area contributed by atoms with Crippen LogP contribution >= 0.6 is 0 Å². The number of hydrogen-bond acceptors (Lipinski definition) is 3. The monoisotopic (exact) mass is 265 g/mol. The van der Waals surface area contributed by atoms with Crippen molar-refractivity contribution < 1.29 is 14.7 Å². The van der Waals surface area contributed by atoms with Crippen molar-refractivity contribution in [1.82, 2.24) is 9.78 Å². The van der Waals surface area contributed by atoms with Crippen molar-refractivity contribution in [2.24, 2.45) is 24.8 Å². The molecule has 1 aromatic rings. The summed E-state index contributed by atoms with van der Waals surface area (Å²) in [6.45, 7) is 2.03. The number of aromatic nitrogens is 2. The maximum Gasteiger partial charge on any atom is 0.307 e. The Morgan fingerprint density at radius 3 is 2.68 bits per heavy atom. The number of amides is 1. The summed E-state index contributed by atoms with van der Waals surface area (Å²) in [5.74, 6) is -1.77. The Morgan fingerprint density at radius 2 is 2.16 bits per heavy atom. The Labute approximate surface area is 111 Å². The number of aliphatic carboxylic acids is 1. The molecule has 1 amide bonds. The number of aryl methyl sites for hydroxylation is 1. The van der Waals surface area contributed by atoms with Crippen LogP contribution in [0.2, 0.25) is 0 Å². The van der Waals surface area contributed by atoms with E-state index in [1.165, 1.54) is 0 Å². The number of carbonyl (C=O) groups is 2. The lowest BCUT2D eigenvalue weighted by atomic mass is 9.95. The molecule has 1 heterocycles. The summed E-state index contributed by atoms with van der Waals surface area (Å²) in [6.07, 6.45) is 5.41. The Balaban J connectivity index is 2.06. The van der Waals surface area contributed by atoms with Gasteiger partial charge in [-0.05, 0) is 18.8 Å². The van der Waals surface area contributed by atoms with Crippen LogP contribution in [-0.4, -0.2) is 26.8 Å². The molecule has 0 bridgehead atoms. The van der Waals surface area contributed by atoms with Crippen LogP contribution in [0.25, 0.3) is 0 Å². The number of carboxylic acids is 1. The Hall–Kier alpha value is -1.85. The van der Waals surface area contributed by atoms with Crippen molar-refractivity contribution in [3.8, 4) is 0 Å². The van der Waals surface area contributed by atoms with Crippen LogP contribution in [-0.2, 0) is 16.6 Å². The lowest BCUT2D eigenvalue weighted by Crippen LogP contribution is -2.29. The van der Waals surface area contributed by atoms with Crippen molar-refractivity contribution in [2.75, 3.05) is 5.32 Å². The van der Waals surface area contributed by atoms with Gasteiger partial charge in [0.1, 0.15) is 0 Å². The topological polar surface area (TPSA) is 84.2 Å². The molecule has 1 unspecified atom stereocenters. The minimum absolute atomic E-state index is 0.212. The van der Waals surface area contributed by atoms with Gasteiger partial charge in [-0.2, -0.15) is 5.10 Å². The molecule has 1 aromatic heterocycles. The van der Waals surface area contributed by atoms with Crippen molar-refractivity contribution in [2.45, 2.75) is 26.2 Å². The molecule has 104 valence electrons. The molecule has 0 aliphatic heterocycles. The fourth-order valence-corrected chi connectivity index (χ4v) is 2.76. The lowest BCUT2D eigenvalue weighted by Gasteiger charge is -2.14. The first-order valence-corrected chi connectivity index (χ1v) is 6.53.